The van der Waals surface area contributed by atoms with Gasteiger partial charge in [0.05, 0.1) is 16.3 Å². The van der Waals surface area contributed by atoms with E-state index in [0.717, 1.165) is 54.2 Å². The fourth-order valence-corrected chi connectivity index (χ4v) is 5.89. The molecule has 1 unspecified atom stereocenters. The lowest BCUT2D eigenvalue weighted by Gasteiger charge is -2.38. The molecule has 1 amide bonds. The van der Waals surface area contributed by atoms with E-state index in [2.05, 4.69) is 44.7 Å². The molecule has 1 atom stereocenters. The largest absolute Gasteiger partial charge is 0.381 e. The SMILES string of the molecule is Cc1c(C(=O)N(C)C(C)c2ccon2)sc2ncnc(NCC3(c4ccccc4)CCOCC3)c12. The first-order valence-corrected chi connectivity index (χ1v) is 12.6. The first kappa shape index (κ1) is 23.4. The van der Waals surface area contributed by atoms with Crippen molar-refractivity contribution in [2.45, 2.75) is 38.1 Å². The van der Waals surface area contributed by atoms with Crippen LogP contribution in [0.2, 0.25) is 0 Å². The van der Waals surface area contributed by atoms with E-state index >= 15 is 0 Å². The summed E-state index contributed by atoms with van der Waals surface area (Å²) in [7, 11) is 1.78. The van der Waals surface area contributed by atoms with Gasteiger partial charge in [0.1, 0.15) is 28.9 Å². The second-order valence-electron chi connectivity index (χ2n) is 9.09. The third kappa shape index (κ3) is 4.41. The Morgan fingerprint density at radius 3 is 2.69 bits per heavy atom. The summed E-state index contributed by atoms with van der Waals surface area (Å²) in [6, 6.07) is 12.2. The lowest BCUT2D eigenvalue weighted by atomic mass is 9.74. The number of anilines is 1. The first-order valence-electron chi connectivity index (χ1n) is 11.8. The number of aromatic nitrogens is 3. The van der Waals surface area contributed by atoms with Crippen LogP contribution < -0.4 is 5.32 Å². The highest BCUT2D eigenvalue weighted by molar-refractivity contribution is 7.20. The smallest absolute Gasteiger partial charge is 0.264 e. The maximum Gasteiger partial charge on any atom is 0.264 e. The van der Waals surface area contributed by atoms with Crippen LogP contribution in [0.1, 0.15) is 52.3 Å². The number of ether oxygens (including phenoxy) is 1. The van der Waals surface area contributed by atoms with Gasteiger partial charge in [-0.25, -0.2) is 9.97 Å². The van der Waals surface area contributed by atoms with Crippen LogP contribution in [0.4, 0.5) is 5.82 Å². The normalized spacial score (nSPS) is 16.2. The number of nitrogens with zero attached hydrogens (tertiary/aromatic N) is 4. The predicted octanol–water partition coefficient (Wildman–Crippen LogP) is 4.98. The summed E-state index contributed by atoms with van der Waals surface area (Å²) in [5.74, 6) is 0.689. The number of benzene rings is 1. The fraction of sp³-hybridized carbons (Fsp3) is 0.385. The Morgan fingerprint density at radius 2 is 1.97 bits per heavy atom. The highest BCUT2D eigenvalue weighted by Crippen LogP contribution is 2.38. The second kappa shape index (κ2) is 9.75. The van der Waals surface area contributed by atoms with Crippen molar-refractivity contribution in [2.75, 3.05) is 32.1 Å². The van der Waals surface area contributed by atoms with Gasteiger partial charge < -0.3 is 19.5 Å². The molecule has 1 aromatic carbocycles. The molecule has 4 aromatic rings. The Balaban J connectivity index is 1.43. The third-order valence-corrected chi connectivity index (χ3v) is 8.33. The molecule has 0 radical (unpaired) electrons. The molecule has 1 aliphatic rings. The minimum atomic E-state index is -0.214. The van der Waals surface area contributed by atoms with Crippen molar-refractivity contribution in [3.63, 3.8) is 0 Å². The standard InChI is InChI=1S/C26H29N5O3S/c1-17-21-23(27-15-26(10-13-33-14-11-26)19-7-5-4-6-8-19)28-16-29-24(21)35-22(17)25(32)31(3)18(2)20-9-12-34-30-20/h4-9,12,16,18H,10-11,13-15H2,1-3H3,(H,27,28,29). The predicted molar refractivity (Wildman–Crippen MR) is 136 cm³/mol. The molecule has 0 bridgehead atoms. The van der Waals surface area contributed by atoms with E-state index in [9.17, 15) is 4.79 Å². The van der Waals surface area contributed by atoms with Gasteiger partial charge in [-0.05, 0) is 37.8 Å². The van der Waals surface area contributed by atoms with Crippen LogP contribution in [0, 0.1) is 6.92 Å². The molecule has 0 spiro atoms. The van der Waals surface area contributed by atoms with Crippen LogP contribution in [0.3, 0.4) is 0 Å². The lowest BCUT2D eigenvalue weighted by molar-refractivity contribution is 0.0543. The minimum absolute atomic E-state index is 0.0351. The van der Waals surface area contributed by atoms with Crippen molar-refractivity contribution in [2.24, 2.45) is 0 Å². The second-order valence-corrected chi connectivity index (χ2v) is 10.1. The zero-order valence-electron chi connectivity index (χ0n) is 20.2. The number of hydrogen-bond acceptors (Lipinski definition) is 8. The van der Waals surface area contributed by atoms with Crippen LogP contribution in [-0.4, -0.2) is 52.7 Å². The average molecular weight is 492 g/mol. The highest BCUT2D eigenvalue weighted by Gasteiger charge is 2.35. The number of nitrogens with one attached hydrogen (secondary N) is 1. The Kier molecular flexibility index (Phi) is 6.53. The van der Waals surface area contributed by atoms with E-state index in [4.69, 9.17) is 9.26 Å². The monoisotopic (exact) mass is 491 g/mol. The maximum absolute atomic E-state index is 13.4. The Labute approximate surface area is 208 Å². The summed E-state index contributed by atoms with van der Waals surface area (Å²) in [6.45, 7) is 6.11. The molecule has 1 N–H and O–H groups in total. The Bertz CT molecular complexity index is 1300. The molecule has 4 heterocycles. The maximum atomic E-state index is 13.4. The van der Waals surface area contributed by atoms with Gasteiger partial charge in [-0.15, -0.1) is 11.3 Å². The van der Waals surface area contributed by atoms with Crippen LogP contribution in [0.15, 0.2) is 53.5 Å². The summed E-state index contributed by atoms with van der Waals surface area (Å²) in [5.41, 5.74) is 2.87. The van der Waals surface area contributed by atoms with E-state index in [1.807, 2.05) is 19.9 Å². The van der Waals surface area contributed by atoms with Gasteiger partial charge in [0.2, 0.25) is 0 Å². The van der Waals surface area contributed by atoms with Gasteiger partial charge in [-0.2, -0.15) is 0 Å². The molecule has 35 heavy (non-hydrogen) atoms. The van der Waals surface area contributed by atoms with Gasteiger partial charge in [-0.1, -0.05) is 35.5 Å². The first-order chi connectivity index (χ1) is 17.0. The minimum Gasteiger partial charge on any atom is -0.381 e. The molecule has 9 heteroatoms. The summed E-state index contributed by atoms with van der Waals surface area (Å²) in [4.78, 5) is 25.6. The van der Waals surface area contributed by atoms with Crippen LogP contribution in [0.25, 0.3) is 10.2 Å². The van der Waals surface area contributed by atoms with Crippen molar-refractivity contribution in [1.29, 1.82) is 0 Å². The fourth-order valence-electron chi connectivity index (χ4n) is 4.76. The zero-order chi connectivity index (χ0) is 24.4. The molecule has 1 saturated heterocycles. The highest BCUT2D eigenvalue weighted by atomic mass is 32.1. The number of rotatable bonds is 7. The molecule has 1 fully saturated rings. The number of amides is 1. The van der Waals surface area contributed by atoms with Gasteiger partial charge in [0, 0.05) is 38.3 Å². The summed E-state index contributed by atoms with van der Waals surface area (Å²) >= 11 is 1.40. The van der Waals surface area contributed by atoms with Crippen molar-refractivity contribution < 1.29 is 14.1 Å². The van der Waals surface area contributed by atoms with Crippen LogP contribution in [-0.2, 0) is 10.2 Å². The molecule has 182 valence electrons. The topological polar surface area (TPSA) is 93.4 Å². The molecular weight excluding hydrogens is 462 g/mol. The van der Waals surface area contributed by atoms with Gasteiger partial charge in [-0.3, -0.25) is 4.79 Å². The molecule has 0 saturated carbocycles. The van der Waals surface area contributed by atoms with Crippen molar-refractivity contribution >= 4 is 33.3 Å². The number of fused-ring (bicyclic) bond motifs is 1. The van der Waals surface area contributed by atoms with Crippen molar-refractivity contribution in [3.8, 4) is 0 Å². The number of carbonyl (C=O) groups excluding carboxylic acids is 1. The van der Waals surface area contributed by atoms with E-state index in [0.29, 0.717) is 10.6 Å². The summed E-state index contributed by atoms with van der Waals surface area (Å²) in [5, 5.41) is 8.50. The molecule has 3 aromatic heterocycles. The van der Waals surface area contributed by atoms with Gasteiger partial charge in [0.15, 0.2) is 0 Å². The molecule has 5 rings (SSSR count). The third-order valence-electron chi connectivity index (χ3n) is 7.14. The number of carbonyl (C=O) groups is 1. The quantitative estimate of drug-likeness (QED) is 0.390. The number of hydrogen-bond donors (Lipinski definition) is 1. The van der Waals surface area contributed by atoms with E-state index in [-0.39, 0.29) is 17.4 Å². The Morgan fingerprint density at radius 1 is 1.20 bits per heavy atom. The molecular formula is C26H29N5O3S. The lowest BCUT2D eigenvalue weighted by Crippen LogP contribution is -2.40. The molecule has 0 aliphatic carbocycles. The van der Waals surface area contributed by atoms with Crippen LogP contribution >= 0.6 is 11.3 Å². The number of aryl methyl sites for hydroxylation is 1. The van der Waals surface area contributed by atoms with E-state index < -0.39 is 0 Å². The number of thiophene rings is 1. The van der Waals surface area contributed by atoms with Gasteiger partial charge >= 0.3 is 0 Å². The van der Waals surface area contributed by atoms with Gasteiger partial charge in [0.25, 0.3) is 5.91 Å². The summed E-state index contributed by atoms with van der Waals surface area (Å²) in [6.07, 6.45) is 4.96. The molecule has 1 aliphatic heterocycles. The van der Waals surface area contributed by atoms with Crippen LogP contribution in [0.5, 0.6) is 0 Å². The average Bonchev–Trinajstić information content (AvgIpc) is 3.56. The van der Waals surface area contributed by atoms with E-state index in [1.165, 1.54) is 23.2 Å². The Hall–Kier alpha value is -3.30. The van der Waals surface area contributed by atoms with Crippen molar-refractivity contribution in [3.05, 3.63) is 70.7 Å². The summed E-state index contributed by atoms with van der Waals surface area (Å²) < 4.78 is 10.6. The zero-order valence-corrected chi connectivity index (χ0v) is 21.0. The molecule has 8 nitrogen and oxygen atoms in total. The van der Waals surface area contributed by atoms with Crippen molar-refractivity contribution in [1.82, 2.24) is 20.0 Å². The van der Waals surface area contributed by atoms with E-state index in [1.54, 1.807) is 24.3 Å².